The molecule has 170 valence electrons. The van der Waals surface area contributed by atoms with E-state index in [2.05, 4.69) is 57.2 Å². The molecule has 0 radical (unpaired) electrons. The van der Waals surface area contributed by atoms with Crippen molar-refractivity contribution in [3.63, 3.8) is 0 Å². The average Bonchev–Trinajstić information content (AvgIpc) is 3.38. The Kier molecular flexibility index (Phi) is 5.77. The van der Waals surface area contributed by atoms with Gasteiger partial charge in [-0.25, -0.2) is 4.79 Å². The first kappa shape index (κ1) is 21.5. The summed E-state index contributed by atoms with van der Waals surface area (Å²) in [5.74, 6) is 0.190. The Hall–Kier alpha value is -3.38. The Morgan fingerprint density at radius 2 is 1.67 bits per heavy atom. The molecule has 0 amide bonds. The lowest BCUT2D eigenvalue weighted by molar-refractivity contribution is 0.0695. The molecule has 2 aromatic carbocycles. The van der Waals surface area contributed by atoms with Gasteiger partial charge in [0.15, 0.2) is 0 Å². The van der Waals surface area contributed by atoms with Crippen LogP contribution in [0.2, 0.25) is 0 Å². The minimum atomic E-state index is -1.20. The quantitative estimate of drug-likeness (QED) is 0.605. The molecule has 2 unspecified atom stereocenters. The Bertz CT molecular complexity index is 1190. The van der Waals surface area contributed by atoms with Gasteiger partial charge in [-0.2, -0.15) is 0 Å². The van der Waals surface area contributed by atoms with Crippen LogP contribution in [0.4, 0.5) is 5.69 Å². The number of benzene rings is 2. The van der Waals surface area contributed by atoms with Crippen molar-refractivity contribution < 1.29 is 9.90 Å². The molecule has 5 rings (SSSR count). The van der Waals surface area contributed by atoms with E-state index in [1.54, 1.807) is 0 Å². The lowest BCUT2D eigenvalue weighted by atomic mass is 10.0. The topological polar surface area (TPSA) is 76.6 Å². The molecule has 6 nitrogen and oxygen atoms in total. The second-order valence-corrected chi connectivity index (χ2v) is 9.22. The molecule has 0 aliphatic carbocycles. The van der Waals surface area contributed by atoms with Crippen molar-refractivity contribution in [2.45, 2.75) is 19.9 Å². The first-order valence-electron chi connectivity index (χ1n) is 11.6. The molecule has 6 heteroatoms. The predicted molar refractivity (Wildman–Crippen MR) is 130 cm³/mol. The standard InChI is InChI=1S/C27H29N3O3/c1-2-19-12-24(27(32)33)26(31)28-25(19)20-8-10-23(11-9-20)30-16-21-14-29(15-22(21)17-30)13-18-6-4-3-5-7-18/h3-12,21-22H,2,13-17H2,1H3,(H,28,31)(H,32,33). The van der Waals surface area contributed by atoms with Gasteiger partial charge in [0.2, 0.25) is 0 Å². The summed E-state index contributed by atoms with van der Waals surface area (Å²) >= 11 is 0. The number of aromatic nitrogens is 1. The fraction of sp³-hybridized carbons (Fsp3) is 0.333. The van der Waals surface area contributed by atoms with E-state index >= 15 is 0 Å². The zero-order chi connectivity index (χ0) is 22.9. The summed E-state index contributed by atoms with van der Waals surface area (Å²) in [4.78, 5) is 31.3. The zero-order valence-electron chi connectivity index (χ0n) is 18.8. The highest BCUT2D eigenvalue weighted by Gasteiger charge is 2.39. The number of aryl methyl sites for hydroxylation is 1. The monoisotopic (exact) mass is 443 g/mol. The third-order valence-electron chi connectivity index (χ3n) is 7.07. The molecule has 33 heavy (non-hydrogen) atoms. The summed E-state index contributed by atoms with van der Waals surface area (Å²) in [6.07, 6.45) is 0.642. The number of carbonyl (C=O) groups is 1. The first-order chi connectivity index (χ1) is 16.0. The zero-order valence-corrected chi connectivity index (χ0v) is 18.8. The number of aromatic carboxylic acids is 1. The Morgan fingerprint density at radius 1 is 1.00 bits per heavy atom. The van der Waals surface area contributed by atoms with E-state index in [1.165, 1.54) is 17.3 Å². The number of anilines is 1. The molecule has 2 N–H and O–H groups in total. The number of likely N-dealkylation sites (tertiary alicyclic amines) is 1. The number of hydrogen-bond donors (Lipinski definition) is 2. The van der Waals surface area contributed by atoms with E-state index in [4.69, 9.17) is 0 Å². The van der Waals surface area contributed by atoms with Gasteiger partial charge in [0.05, 0.1) is 5.69 Å². The molecular weight excluding hydrogens is 414 g/mol. The van der Waals surface area contributed by atoms with E-state index in [9.17, 15) is 14.7 Å². The van der Waals surface area contributed by atoms with Crippen LogP contribution in [0.3, 0.4) is 0 Å². The number of carboxylic acids is 1. The van der Waals surface area contributed by atoms with Crippen LogP contribution in [-0.2, 0) is 13.0 Å². The number of rotatable bonds is 6. The maximum absolute atomic E-state index is 12.2. The smallest absolute Gasteiger partial charge is 0.341 e. The van der Waals surface area contributed by atoms with Crippen LogP contribution in [0.15, 0.2) is 65.5 Å². The molecule has 2 saturated heterocycles. The minimum Gasteiger partial charge on any atom is -0.477 e. The number of carboxylic acid groups (broad SMARTS) is 1. The van der Waals surface area contributed by atoms with Gasteiger partial charge >= 0.3 is 5.97 Å². The Labute approximate surface area is 193 Å². The molecular formula is C27H29N3O3. The SMILES string of the molecule is CCc1cc(C(=O)O)c(=O)[nH]c1-c1ccc(N2CC3CN(Cc4ccccc4)CC3C2)cc1. The number of fused-ring (bicyclic) bond motifs is 1. The van der Waals surface area contributed by atoms with Gasteiger partial charge in [-0.15, -0.1) is 0 Å². The molecule has 3 heterocycles. The summed E-state index contributed by atoms with van der Waals surface area (Å²) in [5.41, 5.74) is 4.24. The highest BCUT2D eigenvalue weighted by molar-refractivity contribution is 5.88. The van der Waals surface area contributed by atoms with Crippen molar-refractivity contribution in [3.8, 4) is 11.3 Å². The highest BCUT2D eigenvalue weighted by atomic mass is 16.4. The fourth-order valence-electron chi connectivity index (χ4n) is 5.38. The number of aromatic amines is 1. The van der Waals surface area contributed by atoms with Crippen LogP contribution in [0, 0.1) is 11.8 Å². The van der Waals surface area contributed by atoms with Crippen LogP contribution in [0.25, 0.3) is 11.3 Å². The normalized spacial score (nSPS) is 20.2. The number of nitrogens with one attached hydrogen (secondary N) is 1. The van der Waals surface area contributed by atoms with Crippen LogP contribution in [0.1, 0.15) is 28.4 Å². The summed E-state index contributed by atoms with van der Waals surface area (Å²) in [6, 6.07) is 20.5. The van der Waals surface area contributed by atoms with Gasteiger partial charge in [-0.1, -0.05) is 49.4 Å². The Balaban J connectivity index is 1.27. The van der Waals surface area contributed by atoms with Crippen LogP contribution in [-0.4, -0.2) is 47.1 Å². The third kappa shape index (κ3) is 4.31. The largest absolute Gasteiger partial charge is 0.477 e. The summed E-state index contributed by atoms with van der Waals surface area (Å²) in [5, 5.41) is 9.23. The molecule has 2 aliphatic rings. The highest BCUT2D eigenvalue weighted by Crippen LogP contribution is 2.35. The van der Waals surface area contributed by atoms with Gasteiger partial charge in [-0.3, -0.25) is 9.69 Å². The van der Waals surface area contributed by atoms with Crippen LogP contribution < -0.4 is 10.5 Å². The third-order valence-corrected chi connectivity index (χ3v) is 7.07. The number of pyridine rings is 1. The van der Waals surface area contributed by atoms with Crippen molar-refractivity contribution >= 4 is 11.7 Å². The van der Waals surface area contributed by atoms with Gasteiger partial charge in [-0.05, 0) is 53.1 Å². The van der Waals surface area contributed by atoms with E-state index in [1.807, 2.05) is 19.1 Å². The molecule has 2 atom stereocenters. The molecule has 2 fully saturated rings. The van der Waals surface area contributed by atoms with Crippen molar-refractivity contribution in [2.75, 3.05) is 31.1 Å². The first-order valence-corrected chi connectivity index (χ1v) is 11.6. The average molecular weight is 444 g/mol. The van der Waals surface area contributed by atoms with E-state index in [-0.39, 0.29) is 5.56 Å². The predicted octanol–water partition coefficient (Wildman–Crippen LogP) is 3.87. The van der Waals surface area contributed by atoms with E-state index in [0.29, 0.717) is 24.0 Å². The van der Waals surface area contributed by atoms with Crippen molar-refractivity contribution in [3.05, 3.63) is 87.7 Å². The fourth-order valence-corrected chi connectivity index (χ4v) is 5.38. The van der Waals surface area contributed by atoms with E-state index < -0.39 is 11.5 Å². The van der Waals surface area contributed by atoms with Gasteiger partial charge in [0.25, 0.3) is 5.56 Å². The maximum Gasteiger partial charge on any atom is 0.341 e. The molecule has 0 bridgehead atoms. The van der Waals surface area contributed by atoms with Crippen molar-refractivity contribution in [1.82, 2.24) is 9.88 Å². The summed E-state index contributed by atoms with van der Waals surface area (Å²) in [7, 11) is 0. The second-order valence-electron chi connectivity index (χ2n) is 9.22. The van der Waals surface area contributed by atoms with Crippen molar-refractivity contribution in [2.24, 2.45) is 11.8 Å². The maximum atomic E-state index is 12.2. The molecule has 0 spiro atoms. The molecule has 1 aromatic heterocycles. The lowest BCUT2D eigenvalue weighted by Crippen LogP contribution is -2.28. The summed E-state index contributed by atoms with van der Waals surface area (Å²) in [6.45, 7) is 7.41. The minimum absolute atomic E-state index is 0.211. The lowest BCUT2D eigenvalue weighted by Gasteiger charge is -2.23. The van der Waals surface area contributed by atoms with E-state index in [0.717, 1.165) is 43.9 Å². The number of hydrogen-bond acceptors (Lipinski definition) is 4. The van der Waals surface area contributed by atoms with Crippen LogP contribution in [0.5, 0.6) is 0 Å². The molecule has 2 aliphatic heterocycles. The van der Waals surface area contributed by atoms with Crippen molar-refractivity contribution in [1.29, 1.82) is 0 Å². The second kappa shape index (κ2) is 8.87. The number of H-pyrrole nitrogens is 1. The van der Waals surface area contributed by atoms with Gasteiger partial charge in [0.1, 0.15) is 5.56 Å². The summed E-state index contributed by atoms with van der Waals surface area (Å²) < 4.78 is 0. The Morgan fingerprint density at radius 3 is 2.27 bits per heavy atom. The molecule has 0 saturated carbocycles. The molecule has 3 aromatic rings. The number of nitrogens with zero attached hydrogens (tertiary/aromatic N) is 2. The van der Waals surface area contributed by atoms with Gasteiger partial charge < -0.3 is 15.0 Å². The van der Waals surface area contributed by atoms with Crippen LogP contribution >= 0.6 is 0 Å². The van der Waals surface area contributed by atoms with Gasteiger partial charge in [0, 0.05) is 38.4 Å².